The summed E-state index contributed by atoms with van der Waals surface area (Å²) >= 11 is 6.82. The maximum absolute atomic E-state index is 11.9. The molecule has 2 rings (SSSR count). The van der Waals surface area contributed by atoms with Gasteiger partial charge in [0.25, 0.3) is 0 Å². The standard InChI is InChI=1S/C16H14Br2O3/c1-10-5-3-4-6-14(10)21-15(19)9-20-16-11(2)7-12(17)8-13(16)18/h3-8H,9H2,1-2H3. The van der Waals surface area contributed by atoms with Gasteiger partial charge in [0.05, 0.1) is 4.47 Å². The highest BCUT2D eigenvalue weighted by atomic mass is 79.9. The van der Waals surface area contributed by atoms with Crippen molar-refractivity contribution in [1.82, 2.24) is 0 Å². The molecule has 0 fully saturated rings. The van der Waals surface area contributed by atoms with E-state index in [-0.39, 0.29) is 6.61 Å². The minimum absolute atomic E-state index is 0.143. The van der Waals surface area contributed by atoms with E-state index in [2.05, 4.69) is 31.9 Å². The molecule has 2 aromatic rings. The van der Waals surface area contributed by atoms with Crippen LogP contribution in [0.25, 0.3) is 0 Å². The fourth-order valence-corrected chi connectivity index (χ4v) is 3.38. The third kappa shape index (κ3) is 4.32. The van der Waals surface area contributed by atoms with Gasteiger partial charge in [0.2, 0.25) is 0 Å². The average Bonchev–Trinajstić information content (AvgIpc) is 2.40. The van der Waals surface area contributed by atoms with E-state index in [1.165, 1.54) is 0 Å². The zero-order chi connectivity index (χ0) is 15.4. The molecular formula is C16H14Br2O3. The number of hydrogen-bond donors (Lipinski definition) is 0. The molecule has 0 heterocycles. The van der Waals surface area contributed by atoms with Crippen molar-refractivity contribution in [3.05, 3.63) is 56.5 Å². The summed E-state index contributed by atoms with van der Waals surface area (Å²) in [5.41, 5.74) is 1.84. The van der Waals surface area contributed by atoms with E-state index in [0.29, 0.717) is 11.5 Å². The van der Waals surface area contributed by atoms with Crippen LogP contribution in [0.3, 0.4) is 0 Å². The smallest absolute Gasteiger partial charge is 0.349 e. The lowest BCUT2D eigenvalue weighted by Crippen LogP contribution is -2.18. The Morgan fingerprint density at radius 3 is 2.48 bits per heavy atom. The predicted octanol–water partition coefficient (Wildman–Crippen LogP) is 4.81. The Balaban J connectivity index is 2.01. The Labute approximate surface area is 140 Å². The summed E-state index contributed by atoms with van der Waals surface area (Å²) in [6.45, 7) is 3.66. The molecule has 0 radical (unpaired) electrons. The van der Waals surface area contributed by atoms with Gasteiger partial charge < -0.3 is 9.47 Å². The van der Waals surface area contributed by atoms with E-state index < -0.39 is 5.97 Å². The molecule has 110 valence electrons. The lowest BCUT2D eigenvalue weighted by atomic mass is 10.2. The van der Waals surface area contributed by atoms with Gasteiger partial charge in [-0.25, -0.2) is 4.79 Å². The van der Waals surface area contributed by atoms with Crippen LogP contribution in [0.5, 0.6) is 11.5 Å². The number of ether oxygens (including phenoxy) is 2. The summed E-state index contributed by atoms with van der Waals surface area (Å²) in [4.78, 5) is 11.9. The first-order valence-corrected chi connectivity index (χ1v) is 7.90. The minimum atomic E-state index is -0.432. The Morgan fingerprint density at radius 2 is 1.81 bits per heavy atom. The maximum atomic E-state index is 11.9. The molecule has 5 heteroatoms. The number of para-hydroxylation sites is 1. The summed E-state index contributed by atoms with van der Waals surface area (Å²) in [6, 6.07) is 11.2. The third-order valence-corrected chi connectivity index (χ3v) is 3.89. The van der Waals surface area contributed by atoms with Crippen LogP contribution in [-0.2, 0) is 4.79 Å². The molecule has 3 nitrogen and oxygen atoms in total. The zero-order valence-electron chi connectivity index (χ0n) is 11.7. The summed E-state index contributed by atoms with van der Waals surface area (Å²) in [5.74, 6) is 0.760. The Morgan fingerprint density at radius 1 is 1.10 bits per heavy atom. The van der Waals surface area contributed by atoms with Crippen molar-refractivity contribution in [2.45, 2.75) is 13.8 Å². The second kappa shape index (κ2) is 7.09. The molecule has 0 saturated carbocycles. The number of benzene rings is 2. The quantitative estimate of drug-likeness (QED) is 0.532. The molecule has 0 bridgehead atoms. The lowest BCUT2D eigenvalue weighted by molar-refractivity contribution is -0.136. The second-order valence-electron chi connectivity index (χ2n) is 4.56. The normalized spacial score (nSPS) is 10.3. The van der Waals surface area contributed by atoms with Crippen molar-refractivity contribution < 1.29 is 14.3 Å². The van der Waals surface area contributed by atoms with Crippen LogP contribution in [0.1, 0.15) is 11.1 Å². The van der Waals surface area contributed by atoms with Crippen LogP contribution in [0.4, 0.5) is 0 Å². The van der Waals surface area contributed by atoms with Gasteiger partial charge in [-0.05, 0) is 59.1 Å². The van der Waals surface area contributed by atoms with Crippen LogP contribution in [0.15, 0.2) is 45.3 Å². The van der Waals surface area contributed by atoms with Gasteiger partial charge in [-0.3, -0.25) is 0 Å². The van der Waals surface area contributed by atoms with Crippen molar-refractivity contribution in [3.63, 3.8) is 0 Å². The monoisotopic (exact) mass is 412 g/mol. The molecule has 0 saturated heterocycles. The summed E-state index contributed by atoms with van der Waals surface area (Å²) in [7, 11) is 0. The molecule has 0 N–H and O–H groups in total. The molecule has 0 aromatic heterocycles. The van der Waals surface area contributed by atoms with E-state index in [9.17, 15) is 4.79 Å². The molecular weight excluding hydrogens is 400 g/mol. The van der Waals surface area contributed by atoms with Crippen LogP contribution < -0.4 is 9.47 Å². The van der Waals surface area contributed by atoms with Gasteiger partial charge in [0.1, 0.15) is 11.5 Å². The largest absolute Gasteiger partial charge is 0.480 e. The molecule has 0 spiro atoms. The van der Waals surface area contributed by atoms with E-state index in [1.807, 2.05) is 44.2 Å². The molecule has 0 aliphatic heterocycles. The summed E-state index contributed by atoms with van der Waals surface area (Å²) in [5, 5.41) is 0. The molecule has 2 aromatic carbocycles. The van der Waals surface area contributed by atoms with Crippen molar-refractivity contribution in [1.29, 1.82) is 0 Å². The SMILES string of the molecule is Cc1ccccc1OC(=O)COc1c(C)cc(Br)cc1Br. The lowest BCUT2D eigenvalue weighted by Gasteiger charge is -2.12. The zero-order valence-corrected chi connectivity index (χ0v) is 14.8. The van der Waals surface area contributed by atoms with Gasteiger partial charge in [-0.2, -0.15) is 0 Å². The molecule has 0 aliphatic rings. The number of aryl methyl sites for hydroxylation is 2. The number of hydrogen-bond acceptors (Lipinski definition) is 3. The first-order valence-electron chi connectivity index (χ1n) is 6.32. The second-order valence-corrected chi connectivity index (χ2v) is 6.33. The van der Waals surface area contributed by atoms with Gasteiger partial charge in [0, 0.05) is 4.47 Å². The topological polar surface area (TPSA) is 35.5 Å². The number of halogens is 2. The van der Waals surface area contributed by atoms with Crippen molar-refractivity contribution in [2.24, 2.45) is 0 Å². The third-order valence-electron chi connectivity index (χ3n) is 2.85. The Bertz CT molecular complexity index is 645. The van der Waals surface area contributed by atoms with E-state index >= 15 is 0 Å². The van der Waals surface area contributed by atoms with Crippen LogP contribution >= 0.6 is 31.9 Å². The molecule has 21 heavy (non-hydrogen) atoms. The maximum Gasteiger partial charge on any atom is 0.349 e. The predicted molar refractivity (Wildman–Crippen MR) is 88.9 cm³/mol. The highest BCUT2D eigenvalue weighted by Gasteiger charge is 2.11. The molecule has 0 aliphatic carbocycles. The van der Waals surface area contributed by atoms with Gasteiger partial charge in [-0.15, -0.1) is 0 Å². The van der Waals surface area contributed by atoms with E-state index in [1.54, 1.807) is 6.07 Å². The van der Waals surface area contributed by atoms with E-state index in [4.69, 9.17) is 9.47 Å². The number of carbonyl (C=O) groups excluding carboxylic acids is 1. The number of esters is 1. The van der Waals surface area contributed by atoms with Gasteiger partial charge >= 0.3 is 5.97 Å². The van der Waals surface area contributed by atoms with E-state index in [0.717, 1.165) is 20.1 Å². The first-order chi connectivity index (χ1) is 9.97. The summed E-state index contributed by atoms with van der Waals surface area (Å²) < 4.78 is 12.6. The van der Waals surface area contributed by atoms with Crippen LogP contribution in [0.2, 0.25) is 0 Å². The van der Waals surface area contributed by atoms with Crippen molar-refractivity contribution >= 4 is 37.8 Å². The van der Waals surface area contributed by atoms with Crippen molar-refractivity contribution in [3.8, 4) is 11.5 Å². The highest BCUT2D eigenvalue weighted by molar-refractivity contribution is 9.11. The first kappa shape index (κ1) is 16.0. The van der Waals surface area contributed by atoms with Gasteiger partial charge in [-0.1, -0.05) is 34.1 Å². The Hall–Kier alpha value is -1.33. The molecule has 0 amide bonds. The Kier molecular flexibility index (Phi) is 5.42. The van der Waals surface area contributed by atoms with Crippen molar-refractivity contribution in [2.75, 3.05) is 6.61 Å². The average molecular weight is 414 g/mol. The van der Waals surface area contributed by atoms with Crippen LogP contribution in [0, 0.1) is 13.8 Å². The highest BCUT2D eigenvalue weighted by Crippen LogP contribution is 2.32. The number of carbonyl (C=O) groups is 1. The fourth-order valence-electron chi connectivity index (χ4n) is 1.83. The molecule has 0 unspecified atom stereocenters. The molecule has 0 atom stereocenters. The van der Waals surface area contributed by atoms with Gasteiger partial charge in [0.15, 0.2) is 6.61 Å². The summed E-state index contributed by atoms with van der Waals surface area (Å²) in [6.07, 6.45) is 0. The van der Waals surface area contributed by atoms with Crippen LogP contribution in [-0.4, -0.2) is 12.6 Å². The fraction of sp³-hybridized carbons (Fsp3) is 0.188. The minimum Gasteiger partial charge on any atom is -0.480 e. The number of rotatable bonds is 4.